The molecule has 2 nitrogen and oxygen atoms in total. The van der Waals surface area contributed by atoms with Gasteiger partial charge in [0.15, 0.2) is 0 Å². The van der Waals surface area contributed by atoms with Crippen molar-refractivity contribution >= 4 is 6.21 Å². The summed E-state index contributed by atoms with van der Waals surface area (Å²) in [7, 11) is 0. The molecule has 0 spiro atoms. The number of rotatable bonds is 4. The van der Waals surface area contributed by atoms with Crippen LogP contribution in [0.3, 0.4) is 0 Å². The molecule has 0 saturated carbocycles. The molecule has 2 heteroatoms. The van der Waals surface area contributed by atoms with Crippen LogP contribution in [0.15, 0.2) is 52.1 Å². The maximum absolute atomic E-state index is 5.32. The van der Waals surface area contributed by atoms with Crippen LogP contribution in [0.1, 0.15) is 49.6 Å². The maximum atomic E-state index is 5.32. The molecule has 1 heterocycles. The minimum absolute atomic E-state index is 0.0600. The van der Waals surface area contributed by atoms with Crippen LogP contribution < -0.4 is 0 Å². The second kappa shape index (κ2) is 5.67. The van der Waals surface area contributed by atoms with Gasteiger partial charge in [-0.2, -0.15) is 0 Å². The fraction of sp³-hybridized carbons (Fsp3) is 0.312. The third-order valence-corrected chi connectivity index (χ3v) is 3.01. The number of hydrogen-bond acceptors (Lipinski definition) is 2. The van der Waals surface area contributed by atoms with Gasteiger partial charge in [-0.25, -0.2) is 0 Å². The van der Waals surface area contributed by atoms with Crippen molar-refractivity contribution in [2.24, 2.45) is 4.99 Å². The Kier molecular flexibility index (Phi) is 3.98. The van der Waals surface area contributed by atoms with Gasteiger partial charge in [-0.1, -0.05) is 38.1 Å². The molecule has 0 radical (unpaired) electrons. The monoisotopic (exact) mass is 241 g/mol. The van der Waals surface area contributed by atoms with Crippen molar-refractivity contribution in [1.29, 1.82) is 0 Å². The van der Waals surface area contributed by atoms with Crippen molar-refractivity contribution in [2.45, 2.75) is 32.7 Å². The summed E-state index contributed by atoms with van der Waals surface area (Å²) in [6.07, 6.45) is 3.58. The van der Waals surface area contributed by atoms with Crippen LogP contribution in [-0.4, -0.2) is 6.21 Å². The SMILES string of the molecule is CC(C)c1ccc(C=N[C@H](C)c2ccco2)cc1. The molecule has 1 aromatic carbocycles. The first-order valence-corrected chi connectivity index (χ1v) is 6.33. The molecular formula is C16H19NO. The van der Waals surface area contributed by atoms with E-state index in [1.54, 1.807) is 6.26 Å². The van der Waals surface area contributed by atoms with E-state index in [9.17, 15) is 0 Å². The summed E-state index contributed by atoms with van der Waals surface area (Å²) in [4.78, 5) is 4.49. The van der Waals surface area contributed by atoms with Crippen molar-refractivity contribution < 1.29 is 4.42 Å². The quantitative estimate of drug-likeness (QED) is 0.719. The normalized spacial score (nSPS) is 13.3. The third-order valence-electron chi connectivity index (χ3n) is 3.01. The first-order valence-electron chi connectivity index (χ1n) is 6.33. The van der Waals surface area contributed by atoms with E-state index in [0.717, 1.165) is 11.3 Å². The van der Waals surface area contributed by atoms with Gasteiger partial charge < -0.3 is 4.42 Å². The molecule has 0 fully saturated rings. The smallest absolute Gasteiger partial charge is 0.127 e. The predicted molar refractivity (Wildman–Crippen MR) is 75.2 cm³/mol. The summed E-state index contributed by atoms with van der Waals surface area (Å²) >= 11 is 0. The standard InChI is InChI=1S/C16H19NO/c1-12(2)15-8-6-14(7-9-15)11-17-13(3)16-5-4-10-18-16/h4-13H,1-3H3/t13-/m1/s1. The Hall–Kier alpha value is -1.83. The number of furan rings is 1. The van der Waals surface area contributed by atoms with Gasteiger partial charge in [0.05, 0.1) is 6.26 Å². The summed E-state index contributed by atoms with van der Waals surface area (Å²) < 4.78 is 5.32. The lowest BCUT2D eigenvalue weighted by molar-refractivity contribution is 0.481. The average molecular weight is 241 g/mol. The Labute approximate surface area is 108 Å². The Bertz CT molecular complexity index is 494. The highest BCUT2D eigenvalue weighted by atomic mass is 16.3. The lowest BCUT2D eigenvalue weighted by atomic mass is 10.0. The molecule has 18 heavy (non-hydrogen) atoms. The summed E-state index contributed by atoms with van der Waals surface area (Å²) in [6, 6.07) is 12.4. The minimum atomic E-state index is 0.0600. The number of nitrogens with zero attached hydrogens (tertiary/aromatic N) is 1. The predicted octanol–water partition coefficient (Wildman–Crippen LogP) is 4.58. The molecule has 0 bridgehead atoms. The largest absolute Gasteiger partial charge is 0.467 e. The number of benzene rings is 1. The third kappa shape index (κ3) is 3.10. The van der Waals surface area contributed by atoms with Crippen molar-refractivity contribution in [1.82, 2.24) is 0 Å². The highest BCUT2D eigenvalue weighted by molar-refractivity contribution is 5.79. The van der Waals surface area contributed by atoms with Crippen LogP contribution in [0.5, 0.6) is 0 Å². The van der Waals surface area contributed by atoms with Gasteiger partial charge in [0.2, 0.25) is 0 Å². The van der Waals surface area contributed by atoms with Crippen molar-refractivity contribution in [3.63, 3.8) is 0 Å². The molecule has 2 aromatic rings. The molecule has 0 aliphatic rings. The molecule has 1 atom stereocenters. The van der Waals surface area contributed by atoms with Gasteiger partial charge >= 0.3 is 0 Å². The average Bonchev–Trinajstić information content (AvgIpc) is 2.90. The van der Waals surface area contributed by atoms with Crippen LogP contribution in [0.2, 0.25) is 0 Å². The van der Waals surface area contributed by atoms with E-state index in [1.165, 1.54) is 5.56 Å². The van der Waals surface area contributed by atoms with Gasteiger partial charge in [-0.3, -0.25) is 4.99 Å². The van der Waals surface area contributed by atoms with E-state index in [0.29, 0.717) is 5.92 Å². The molecule has 0 N–H and O–H groups in total. The van der Waals surface area contributed by atoms with Crippen LogP contribution in [0.4, 0.5) is 0 Å². The molecule has 94 valence electrons. The Morgan fingerprint density at radius 2 is 1.78 bits per heavy atom. The molecule has 0 saturated heterocycles. The van der Waals surface area contributed by atoms with Crippen molar-refractivity contribution in [3.8, 4) is 0 Å². The first kappa shape index (κ1) is 12.6. The zero-order chi connectivity index (χ0) is 13.0. The van der Waals surface area contributed by atoms with Gasteiger partial charge in [0.25, 0.3) is 0 Å². The van der Waals surface area contributed by atoms with Crippen LogP contribution in [0, 0.1) is 0 Å². The first-order chi connectivity index (χ1) is 8.66. The molecule has 0 unspecified atom stereocenters. The Morgan fingerprint density at radius 1 is 1.06 bits per heavy atom. The molecule has 0 aliphatic carbocycles. The molecule has 0 aliphatic heterocycles. The second-order valence-electron chi connectivity index (χ2n) is 4.79. The van der Waals surface area contributed by atoms with E-state index < -0.39 is 0 Å². The lowest BCUT2D eigenvalue weighted by Gasteiger charge is -2.05. The zero-order valence-corrected chi connectivity index (χ0v) is 11.1. The summed E-state index contributed by atoms with van der Waals surface area (Å²) in [6.45, 7) is 6.42. The Balaban J connectivity index is 2.05. The van der Waals surface area contributed by atoms with Gasteiger partial charge in [0, 0.05) is 6.21 Å². The van der Waals surface area contributed by atoms with E-state index in [1.807, 2.05) is 25.3 Å². The Morgan fingerprint density at radius 3 is 2.33 bits per heavy atom. The highest BCUT2D eigenvalue weighted by Gasteiger charge is 2.04. The van der Waals surface area contributed by atoms with E-state index in [-0.39, 0.29) is 6.04 Å². The van der Waals surface area contributed by atoms with Crippen LogP contribution in [0.25, 0.3) is 0 Å². The van der Waals surface area contributed by atoms with Gasteiger partial charge in [0.1, 0.15) is 11.8 Å². The minimum Gasteiger partial charge on any atom is -0.467 e. The number of hydrogen-bond donors (Lipinski definition) is 0. The zero-order valence-electron chi connectivity index (χ0n) is 11.1. The summed E-state index contributed by atoms with van der Waals surface area (Å²) in [5.74, 6) is 1.46. The summed E-state index contributed by atoms with van der Waals surface area (Å²) in [5.41, 5.74) is 2.48. The van der Waals surface area contributed by atoms with Crippen molar-refractivity contribution in [2.75, 3.05) is 0 Å². The maximum Gasteiger partial charge on any atom is 0.127 e. The molecule has 0 amide bonds. The molecule has 2 rings (SSSR count). The van der Waals surface area contributed by atoms with Crippen LogP contribution in [-0.2, 0) is 0 Å². The molecular weight excluding hydrogens is 222 g/mol. The fourth-order valence-electron chi connectivity index (χ4n) is 1.77. The molecule has 1 aromatic heterocycles. The van der Waals surface area contributed by atoms with Crippen LogP contribution >= 0.6 is 0 Å². The highest BCUT2D eigenvalue weighted by Crippen LogP contribution is 2.17. The summed E-state index contributed by atoms with van der Waals surface area (Å²) in [5, 5.41) is 0. The van der Waals surface area contributed by atoms with Crippen molar-refractivity contribution in [3.05, 3.63) is 59.5 Å². The van der Waals surface area contributed by atoms with E-state index in [2.05, 4.69) is 43.1 Å². The van der Waals surface area contributed by atoms with E-state index >= 15 is 0 Å². The lowest BCUT2D eigenvalue weighted by Crippen LogP contribution is -1.91. The second-order valence-corrected chi connectivity index (χ2v) is 4.79. The fourth-order valence-corrected chi connectivity index (χ4v) is 1.77. The number of aliphatic imine (C=N–C) groups is 1. The van der Waals surface area contributed by atoms with E-state index in [4.69, 9.17) is 4.42 Å². The van der Waals surface area contributed by atoms with Gasteiger partial charge in [-0.15, -0.1) is 0 Å². The van der Waals surface area contributed by atoms with Gasteiger partial charge in [-0.05, 0) is 36.1 Å². The topological polar surface area (TPSA) is 25.5 Å².